The summed E-state index contributed by atoms with van der Waals surface area (Å²) in [5.74, 6) is 1.19. The normalized spacial score (nSPS) is 13.9. The molecule has 1 heterocycles. The van der Waals surface area contributed by atoms with Gasteiger partial charge in [-0.25, -0.2) is 9.97 Å². The molecular weight excluding hydrogens is 398 g/mol. The zero-order valence-electron chi connectivity index (χ0n) is 18.5. The van der Waals surface area contributed by atoms with Crippen LogP contribution in [0, 0.1) is 5.92 Å². The summed E-state index contributed by atoms with van der Waals surface area (Å²) in [6.45, 7) is 0.0220. The maximum absolute atomic E-state index is 12.6. The molecular formula is C27H31N3O2. The molecule has 0 atom stereocenters. The number of hydrogen-bond acceptors (Lipinski definition) is 4. The SMILES string of the molecule is O=C(CCCc1ccccc1)Nc1ncc(-c2ccc(CO)cc2)nc1CC1CCCC1. The average Bonchev–Trinajstić information content (AvgIpc) is 3.34. The van der Waals surface area contributed by atoms with Crippen LogP contribution in [0.3, 0.4) is 0 Å². The van der Waals surface area contributed by atoms with Gasteiger partial charge in [0.15, 0.2) is 5.82 Å². The number of carbonyl (C=O) groups is 1. The summed E-state index contributed by atoms with van der Waals surface area (Å²) in [5, 5.41) is 12.3. The summed E-state index contributed by atoms with van der Waals surface area (Å²) in [4.78, 5) is 22.1. The van der Waals surface area contributed by atoms with Crippen molar-refractivity contribution in [2.45, 2.75) is 58.0 Å². The molecule has 0 aliphatic heterocycles. The van der Waals surface area contributed by atoms with Crippen LogP contribution in [0.25, 0.3) is 11.3 Å². The number of aromatic nitrogens is 2. The van der Waals surface area contributed by atoms with Crippen molar-refractivity contribution in [2.24, 2.45) is 5.92 Å². The minimum Gasteiger partial charge on any atom is -0.392 e. The Balaban J connectivity index is 1.46. The van der Waals surface area contributed by atoms with Crippen molar-refractivity contribution in [3.05, 3.63) is 77.6 Å². The third-order valence-corrected chi connectivity index (χ3v) is 6.20. The molecule has 3 aromatic rings. The molecule has 166 valence electrons. The molecule has 0 radical (unpaired) electrons. The zero-order chi connectivity index (χ0) is 22.2. The Morgan fingerprint density at radius 2 is 1.75 bits per heavy atom. The maximum Gasteiger partial charge on any atom is 0.225 e. The molecule has 4 rings (SSSR count). The molecule has 0 bridgehead atoms. The van der Waals surface area contributed by atoms with Gasteiger partial charge in [-0.3, -0.25) is 4.79 Å². The van der Waals surface area contributed by atoms with E-state index in [1.165, 1.54) is 31.2 Å². The van der Waals surface area contributed by atoms with Crippen LogP contribution in [0.2, 0.25) is 0 Å². The molecule has 2 aromatic carbocycles. The third kappa shape index (κ3) is 6.01. The van der Waals surface area contributed by atoms with E-state index in [1.54, 1.807) is 6.20 Å². The predicted molar refractivity (Wildman–Crippen MR) is 127 cm³/mol. The summed E-state index contributed by atoms with van der Waals surface area (Å²) >= 11 is 0. The van der Waals surface area contributed by atoms with Crippen molar-refractivity contribution < 1.29 is 9.90 Å². The first-order valence-electron chi connectivity index (χ1n) is 11.6. The van der Waals surface area contributed by atoms with Gasteiger partial charge in [0.25, 0.3) is 0 Å². The van der Waals surface area contributed by atoms with Crippen molar-refractivity contribution in [2.75, 3.05) is 5.32 Å². The number of benzene rings is 2. The van der Waals surface area contributed by atoms with Crippen LogP contribution in [0.4, 0.5) is 5.82 Å². The predicted octanol–water partition coefficient (Wildman–Crippen LogP) is 5.33. The van der Waals surface area contributed by atoms with Crippen LogP contribution < -0.4 is 5.32 Å². The second kappa shape index (κ2) is 11.0. The Hall–Kier alpha value is -3.05. The summed E-state index contributed by atoms with van der Waals surface area (Å²) < 4.78 is 0. The van der Waals surface area contributed by atoms with Crippen LogP contribution in [0.15, 0.2) is 60.8 Å². The van der Waals surface area contributed by atoms with Crippen LogP contribution in [0.5, 0.6) is 0 Å². The summed E-state index contributed by atoms with van der Waals surface area (Å²) in [6.07, 6.45) is 9.67. The lowest BCUT2D eigenvalue weighted by atomic mass is 10.0. The van der Waals surface area contributed by atoms with E-state index in [9.17, 15) is 9.90 Å². The first kappa shape index (κ1) is 22.2. The van der Waals surface area contributed by atoms with Gasteiger partial charge in [-0.05, 0) is 36.3 Å². The number of nitrogens with zero attached hydrogens (tertiary/aromatic N) is 2. The molecule has 2 N–H and O–H groups in total. The van der Waals surface area contributed by atoms with Gasteiger partial charge in [0.1, 0.15) is 0 Å². The van der Waals surface area contributed by atoms with E-state index in [-0.39, 0.29) is 12.5 Å². The van der Waals surface area contributed by atoms with Crippen molar-refractivity contribution in [1.29, 1.82) is 0 Å². The van der Waals surface area contributed by atoms with Gasteiger partial charge in [-0.2, -0.15) is 0 Å². The van der Waals surface area contributed by atoms with Crippen LogP contribution in [0.1, 0.15) is 55.3 Å². The molecule has 1 aliphatic rings. The largest absolute Gasteiger partial charge is 0.392 e. The molecule has 5 heteroatoms. The maximum atomic E-state index is 12.6. The van der Waals surface area contributed by atoms with E-state index in [0.29, 0.717) is 18.2 Å². The standard InChI is InChI=1S/C27H31N3O2/c31-19-22-13-15-23(16-14-22)25-18-28-27(24(29-25)17-21-9-4-5-10-21)30-26(32)12-6-11-20-7-2-1-3-8-20/h1-3,7-8,13-16,18,21,31H,4-6,9-12,17,19H2,(H,28,30,32). The van der Waals surface area contributed by atoms with E-state index < -0.39 is 0 Å². The number of anilines is 1. The fourth-order valence-corrected chi connectivity index (χ4v) is 4.37. The molecule has 32 heavy (non-hydrogen) atoms. The number of nitrogens with one attached hydrogen (secondary N) is 1. The Labute approximate surface area is 189 Å². The average molecular weight is 430 g/mol. The topological polar surface area (TPSA) is 75.1 Å². The van der Waals surface area contributed by atoms with Crippen LogP contribution >= 0.6 is 0 Å². The lowest BCUT2D eigenvalue weighted by Gasteiger charge is -2.14. The van der Waals surface area contributed by atoms with Crippen molar-refractivity contribution in [3.63, 3.8) is 0 Å². The summed E-state index contributed by atoms with van der Waals surface area (Å²) in [5.41, 5.74) is 4.75. The van der Waals surface area contributed by atoms with E-state index in [2.05, 4.69) is 22.4 Å². The first-order valence-corrected chi connectivity index (χ1v) is 11.6. The van der Waals surface area contributed by atoms with E-state index in [4.69, 9.17) is 4.98 Å². The first-order chi connectivity index (χ1) is 15.7. The molecule has 1 aromatic heterocycles. The molecule has 5 nitrogen and oxygen atoms in total. The fraction of sp³-hybridized carbons (Fsp3) is 0.370. The van der Waals surface area contributed by atoms with E-state index in [1.807, 2.05) is 42.5 Å². The van der Waals surface area contributed by atoms with Crippen LogP contribution in [-0.4, -0.2) is 21.0 Å². The Morgan fingerprint density at radius 1 is 1.00 bits per heavy atom. The summed E-state index contributed by atoms with van der Waals surface area (Å²) in [6, 6.07) is 18.0. The highest BCUT2D eigenvalue weighted by molar-refractivity contribution is 5.90. The fourth-order valence-electron chi connectivity index (χ4n) is 4.37. The van der Waals surface area contributed by atoms with Crippen LogP contribution in [-0.2, 0) is 24.2 Å². The minimum absolute atomic E-state index is 0.0112. The highest BCUT2D eigenvalue weighted by Crippen LogP contribution is 2.30. The molecule has 0 unspecified atom stereocenters. The minimum atomic E-state index is -0.0112. The van der Waals surface area contributed by atoms with Gasteiger partial charge in [-0.1, -0.05) is 80.3 Å². The smallest absolute Gasteiger partial charge is 0.225 e. The van der Waals surface area contributed by atoms with Gasteiger partial charge < -0.3 is 10.4 Å². The Kier molecular flexibility index (Phi) is 7.62. The summed E-state index contributed by atoms with van der Waals surface area (Å²) in [7, 11) is 0. The quantitative estimate of drug-likeness (QED) is 0.482. The zero-order valence-corrected chi connectivity index (χ0v) is 18.5. The van der Waals surface area contributed by atoms with Gasteiger partial charge in [-0.15, -0.1) is 0 Å². The molecule has 0 saturated heterocycles. The molecule has 1 saturated carbocycles. The highest BCUT2D eigenvalue weighted by atomic mass is 16.3. The Bertz CT molecular complexity index is 1010. The van der Waals surface area contributed by atoms with Crippen molar-refractivity contribution in [1.82, 2.24) is 9.97 Å². The number of aryl methyl sites for hydroxylation is 1. The second-order valence-corrected chi connectivity index (χ2v) is 8.65. The highest BCUT2D eigenvalue weighted by Gasteiger charge is 2.20. The second-order valence-electron chi connectivity index (χ2n) is 8.65. The monoisotopic (exact) mass is 429 g/mol. The van der Waals surface area contributed by atoms with Gasteiger partial charge in [0.2, 0.25) is 5.91 Å². The number of amides is 1. The van der Waals surface area contributed by atoms with Gasteiger partial charge in [0, 0.05) is 12.0 Å². The van der Waals surface area contributed by atoms with Gasteiger partial charge in [0.05, 0.1) is 24.2 Å². The lowest BCUT2D eigenvalue weighted by molar-refractivity contribution is -0.116. The third-order valence-electron chi connectivity index (χ3n) is 6.20. The molecule has 1 aliphatic carbocycles. The molecule has 0 spiro atoms. The number of aliphatic hydroxyl groups excluding tert-OH is 1. The number of rotatable bonds is 9. The Morgan fingerprint density at radius 3 is 2.47 bits per heavy atom. The molecule has 1 amide bonds. The van der Waals surface area contributed by atoms with E-state index in [0.717, 1.165) is 41.8 Å². The van der Waals surface area contributed by atoms with Crippen molar-refractivity contribution in [3.8, 4) is 11.3 Å². The number of hydrogen-bond donors (Lipinski definition) is 2. The van der Waals surface area contributed by atoms with Crippen molar-refractivity contribution >= 4 is 11.7 Å². The van der Waals surface area contributed by atoms with E-state index >= 15 is 0 Å². The number of aliphatic hydroxyl groups is 1. The van der Waals surface area contributed by atoms with Gasteiger partial charge >= 0.3 is 0 Å². The lowest BCUT2D eigenvalue weighted by Crippen LogP contribution is -2.16. The number of carbonyl (C=O) groups excluding carboxylic acids is 1. The molecule has 1 fully saturated rings.